The van der Waals surface area contributed by atoms with Crippen molar-refractivity contribution >= 4 is 27.3 Å². The summed E-state index contributed by atoms with van der Waals surface area (Å²) in [5.74, 6) is -1.24. The van der Waals surface area contributed by atoms with Gasteiger partial charge in [0.05, 0.1) is 0 Å². The Bertz CT molecular complexity index is 741. The fraction of sp³-hybridized carbons (Fsp3) is 0.231. The third-order valence-corrected chi connectivity index (χ3v) is 6.22. The second-order valence-electron chi connectivity index (χ2n) is 4.40. The highest BCUT2D eigenvalue weighted by Gasteiger charge is 2.31. The lowest BCUT2D eigenvalue weighted by Crippen LogP contribution is -2.30. The largest absolute Gasteiger partial charge is 0.477 e. The van der Waals surface area contributed by atoms with E-state index in [4.69, 9.17) is 5.11 Å². The normalized spacial score (nSPS) is 13.3. The fourth-order valence-electron chi connectivity index (χ4n) is 1.87. The van der Waals surface area contributed by atoms with Gasteiger partial charge in [0, 0.05) is 25.5 Å². The number of carboxylic acid groups (broad SMARTS) is 1. The topological polar surface area (TPSA) is 87.6 Å². The molecule has 0 amide bonds. The van der Waals surface area contributed by atoms with Crippen molar-refractivity contribution in [2.45, 2.75) is 17.9 Å². The Hall–Kier alpha value is -1.77. The van der Waals surface area contributed by atoms with Gasteiger partial charge in [-0.05, 0) is 36.1 Å². The smallest absolute Gasteiger partial charge is 0.347 e. The van der Waals surface area contributed by atoms with E-state index in [1.165, 1.54) is 18.5 Å². The molecule has 0 aliphatic rings. The first-order valence-electron chi connectivity index (χ1n) is 6.04. The van der Waals surface area contributed by atoms with Crippen LogP contribution in [0.4, 0.5) is 0 Å². The average Bonchev–Trinajstić information content (AvgIpc) is 2.97. The highest BCUT2D eigenvalue weighted by Crippen LogP contribution is 2.29. The molecule has 0 aliphatic carbocycles. The molecule has 0 spiro atoms. The van der Waals surface area contributed by atoms with E-state index >= 15 is 0 Å². The maximum atomic E-state index is 12.6. The molecule has 6 nitrogen and oxygen atoms in total. The molecule has 2 aromatic heterocycles. The Labute approximate surface area is 126 Å². The highest BCUT2D eigenvalue weighted by molar-refractivity contribution is 7.89. The fourth-order valence-corrected chi connectivity index (χ4v) is 4.45. The zero-order valence-corrected chi connectivity index (χ0v) is 13.1. The van der Waals surface area contributed by atoms with Crippen LogP contribution in [0.1, 0.15) is 28.2 Å². The number of pyridine rings is 1. The Balaban J connectivity index is 2.39. The van der Waals surface area contributed by atoms with E-state index < -0.39 is 22.0 Å². The molecule has 0 saturated carbocycles. The van der Waals surface area contributed by atoms with E-state index in [1.54, 1.807) is 31.5 Å². The van der Waals surface area contributed by atoms with Crippen LogP contribution in [0.3, 0.4) is 0 Å². The lowest BCUT2D eigenvalue weighted by Gasteiger charge is -2.24. The molecule has 0 radical (unpaired) electrons. The number of nitrogens with zero attached hydrogens (tertiary/aromatic N) is 2. The molecule has 2 aromatic rings. The molecule has 112 valence electrons. The van der Waals surface area contributed by atoms with Gasteiger partial charge in [-0.3, -0.25) is 4.98 Å². The van der Waals surface area contributed by atoms with Gasteiger partial charge in [0.25, 0.3) is 0 Å². The van der Waals surface area contributed by atoms with Crippen molar-refractivity contribution in [3.05, 3.63) is 46.4 Å². The van der Waals surface area contributed by atoms with Gasteiger partial charge in [-0.2, -0.15) is 4.31 Å². The van der Waals surface area contributed by atoms with Crippen molar-refractivity contribution in [1.82, 2.24) is 9.29 Å². The molecule has 1 N–H and O–H groups in total. The van der Waals surface area contributed by atoms with E-state index in [9.17, 15) is 13.2 Å². The molecule has 0 aromatic carbocycles. The molecule has 0 aliphatic heterocycles. The number of hydrogen-bond acceptors (Lipinski definition) is 5. The van der Waals surface area contributed by atoms with Crippen molar-refractivity contribution in [3.63, 3.8) is 0 Å². The maximum absolute atomic E-state index is 12.6. The number of carboxylic acids is 1. The molecule has 0 saturated heterocycles. The minimum absolute atomic E-state index is 0.177. The minimum Gasteiger partial charge on any atom is -0.477 e. The molecule has 1 atom stereocenters. The van der Waals surface area contributed by atoms with Crippen molar-refractivity contribution in [2.75, 3.05) is 7.05 Å². The van der Waals surface area contributed by atoms with Crippen LogP contribution >= 0.6 is 11.3 Å². The SMILES string of the molecule is CC(c1ccncc1)N(C)S(=O)(=O)c1ccsc1C(=O)O. The summed E-state index contributed by atoms with van der Waals surface area (Å²) in [6.07, 6.45) is 3.17. The highest BCUT2D eigenvalue weighted by atomic mass is 32.2. The molecular formula is C13H14N2O4S2. The minimum atomic E-state index is -3.88. The average molecular weight is 326 g/mol. The van der Waals surface area contributed by atoms with Crippen LogP contribution < -0.4 is 0 Å². The molecule has 2 heterocycles. The molecule has 8 heteroatoms. The van der Waals surface area contributed by atoms with Gasteiger partial charge in [0.2, 0.25) is 10.0 Å². The van der Waals surface area contributed by atoms with E-state index in [-0.39, 0.29) is 9.77 Å². The van der Waals surface area contributed by atoms with Crippen LogP contribution in [0.5, 0.6) is 0 Å². The Kier molecular flexibility index (Phi) is 4.40. The number of carbonyl (C=O) groups is 1. The quantitative estimate of drug-likeness (QED) is 0.910. The lowest BCUT2D eigenvalue weighted by molar-refractivity contribution is 0.0698. The van der Waals surface area contributed by atoms with Gasteiger partial charge >= 0.3 is 5.97 Å². The summed E-state index contributed by atoms with van der Waals surface area (Å²) in [6.45, 7) is 1.74. The summed E-state index contributed by atoms with van der Waals surface area (Å²) < 4.78 is 26.3. The summed E-state index contributed by atoms with van der Waals surface area (Å²) in [5.41, 5.74) is 0.781. The van der Waals surface area contributed by atoms with Crippen LogP contribution in [-0.4, -0.2) is 35.8 Å². The molecule has 0 fully saturated rings. The predicted octanol–water partition coefficient (Wildman–Crippen LogP) is 2.22. The first-order chi connectivity index (χ1) is 9.85. The van der Waals surface area contributed by atoms with E-state index in [0.717, 1.165) is 21.2 Å². The van der Waals surface area contributed by atoms with Gasteiger partial charge in [-0.1, -0.05) is 0 Å². The molecular weight excluding hydrogens is 312 g/mol. The number of aromatic nitrogens is 1. The summed E-state index contributed by atoms with van der Waals surface area (Å²) >= 11 is 0.894. The molecule has 2 rings (SSSR count). The first kappa shape index (κ1) is 15.6. The zero-order valence-electron chi connectivity index (χ0n) is 11.4. The summed E-state index contributed by atoms with van der Waals surface area (Å²) in [4.78, 5) is 14.6. The second kappa shape index (κ2) is 5.92. The van der Waals surface area contributed by atoms with Crippen LogP contribution in [-0.2, 0) is 10.0 Å². The number of rotatable bonds is 5. The van der Waals surface area contributed by atoms with Crippen molar-refractivity contribution < 1.29 is 18.3 Å². The third-order valence-electron chi connectivity index (χ3n) is 3.21. The molecule has 21 heavy (non-hydrogen) atoms. The number of hydrogen-bond donors (Lipinski definition) is 1. The predicted molar refractivity (Wildman–Crippen MR) is 78.9 cm³/mol. The van der Waals surface area contributed by atoms with Crippen LogP contribution in [0.25, 0.3) is 0 Å². The van der Waals surface area contributed by atoms with Crippen molar-refractivity contribution in [2.24, 2.45) is 0 Å². The summed E-state index contributed by atoms with van der Waals surface area (Å²) in [5, 5.41) is 10.5. The Morgan fingerprint density at radius 2 is 1.95 bits per heavy atom. The Morgan fingerprint density at radius 1 is 1.33 bits per heavy atom. The van der Waals surface area contributed by atoms with Gasteiger partial charge in [-0.25, -0.2) is 13.2 Å². The van der Waals surface area contributed by atoms with E-state index in [0.29, 0.717) is 0 Å². The van der Waals surface area contributed by atoms with Gasteiger partial charge in [0.1, 0.15) is 9.77 Å². The summed E-state index contributed by atoms with van der Waals surface area (Å²) in [7, 11) is -2.44. The molecule has 1 unspecified atom stereocenters. The van der Waals surface area contributed by atoms with Crippen molar-refractivity contribution in [1.29, 1.82) is 0 Å². The number of thiophene rings is 1. The first-order valence-corrected chi connectivity index (χ1v) is 8.36. The lowest BCUT2D eigenvalue weighted by atomic mass is 10.1. The summed E-state index contributed by atoms with van der Waals surface area (Å²) in [6, 6.07) is 4.34. The van der Waals surface area contributed by atoms with Gasteiger partial charge < -0.3 is 5.11 Å². The Morgan fingerprint density at radius 3 is 2.52 bits per heavy atom. The van der Waals surface area contributed by atoms with Crippen molar-refractivity contribution in [3.8, 4) is 0 Å². The number of aromatic carboxylic acids is 1. The monoisotopic (exact) mass is 326 g/mol. The van der Waals surface area contributed by atoms with Crippen LogP contribution in [0, 0.1) is 0 Å². The number of sulfonamides is 1. The maximum Gasteiger partial charge on any atom is 0.347 e. The van der Waals surface area contributed by atoms with E-state index in [1.807, 2.05) is 0 Å². The standard InChI is InChI=1S/C13H14N2O4S2/c1-9(10-3-6-14-7-4-10)15(2)21(18,19)11-5-8-20-12(11)13(16)17/h3-9H,1-2H3,(H,16,17). The molecule has 0 bridgehead atoms. The third kappa shape index (κ3) is 2.97. The van der Waals surface area contributed by atoms with Gasteiger partial charge in [0.15, 0.2) is 0 Å². The van der Waals surface area contributed by atoms with Crippen LogP contribution in [0.2, 0.25) is 0 Å². The zero-order chi connectivity index (χ0) is 15.6. The van der Waals surface area contributed by atoms with Crippen LogP contribution in [0.15, 0.2) is 40.9 Å². The second-order valence-corrected chi connectivity index (χ2v) is 7.28. The van der Waals surface area contributed by atoms with E-state index in [2.05, 4.69) is 4.98 Å². The van der Waals surface area contributed by atoms with Gasteiger partial charge in [-0.15, -0.1) is 11.3 Å².